The number of hydrogen-bond acceptors (Lipinski definition) is 12. The van der Waals surface area contributed by atoms with E-state index in [0.717, 1.165) is 12.8 Å². The summed E-state index contributed by atoms with van der Waals surface area (Å²) in [4.78, 5) is 63.4. The monoisotopic (exact) mass is 704 g/mol. The van der Waals surface area contributed by atoms with Crippen molar-refractivity contribution in [1.29, 1.82) is 0 Å². The third-order valence-corrected chi connectivity index (χ3v) is 13.6. The average Bonchev–Trinajstić information content (AvgIpc) is 3.00. The molecule has 2 heterocycles. The molecule has 0 radical (unpaired) electrons. The molecule has 50 heavy (non-hydrogen) atoms. The molecule has 4 aliphatic carbocycles. The van der Waals surface area contributed by atoms with Gasteiger partial charge in [-0.15, -0.1) is 0 Å². The van der Waals surface area contributed by atoms with E-state index in [0.29, 0.717) is 13.1 Å². The SMILES string of the molecule is CC(=O)OC1C2CNOC3C2C(CC(C)C3C2C(C)CC3C(C(C)C)C(OC(C)=O)C(OC(C)=O)C4CNOC2C43)C(C(C)C)C1OC(C)=O. The molecule has 12 nitrogen and oxygen atoms in total. The number of hydroxylamine groups is 2. The van der Waals surface area contributed by atoms with Crippen LogP contribution in [-0.4, -0.2) is 73.6 Å². The van der Waals surface area contributed by atoms with Gasteiger partial charge in [-0.2, -0.15) is 0 Å². The normalized spacial score (nSPS) is 46.6. The van der Waals surface area contributed by atoms with E-state index in [2.05, 4.69) is 52.5 Å². The summed E-state index contributed by atoms with van der Waals surface area (Å²) >= 11 is 0. The van der Waals surface area contributed by atoms with Crippen molar-refractivity contribution < 1.29 is 47.8 Å². The van der Waals surface area contributed by atoms with Crippen LogP contribution in [0.3, 0.4) is 0 Å². The van der Waals surface area contributed by atoms with Crippen LogP contribution >= 0.6 is 0 Å². The Hall–Kier alpha value is -2.28. The van der Waals surface area contributed by atoms with Crippen molar-refractivity contribution in [3.05, 3.63) is 0 Å². The Balaban J connectivity index is 1.39. The molecule has 18 unspecified atom stereocenters. The minimum absolute atomic E-state index is 0.00456. The Morgan fingerprint density at radius 1 is 0.520 bits per heavy atom. The minimum Gasteiger partial charge on any atom is -0.458 e. The lowest BCUT2D eigenvalue weighted by atomic mass is 9.46. The van der Waals surface area contributed by atoms with Crippen molar-refractivity contribution in [1.82, 2.24) is 11.0 Å². The van der Waals surface area contributed by atoms with E-state index in [1.807, 2.05) is 0 Å². The summed E-state index contributed by atoms with van der Waals surface area (Å²) in [5.74, 6) is -0.0540. The van der Waals surface area contributed by atoms with E-state index in [4.69, 9.17) is 28.6 Å². The van der Waals surface area contributed by atoms with E-state index in [9.17, 15) is 19.2 Å². The van der Waals surface area contributed by atoms with Gasteiger partial charge in [-0.3, -0.25) is 28.9 Å². The molecule has 12 heteroatoms. The van der Waals surface area contributed by atoms with E-state index >= 15 is 0 Å². The summed E-state index contributed by atoms with van der Waals surface area (Å²) in [6, 6.07) is 0. The highest BCUT2D eigenvalue weighted by Gasteiger charge is 2.67. The lowest BCUT2D eigenvalue weighted by Gasteiger charge is -2.64. The topological polar surface area (TPSA) is 148 Å². The first-order chi connectivity index (χ1) is 23.6. The van der Waals surface area contributed by atoms with Gasteiger partial charge < -0.3 is 18.9 Å². The molecule has 282 valence electrons. The van der Waals surface area contributed by atoms with Gasteiger partial charge in [-0.25, -0.2) is 11.0 Å². The van der Waals surface area contributed by atoms with E-state index in [1.54, 1.807) is 0 Å². The second-order valence-corrected chi connectivity index (χ2v) is 17.2. The minimum atomic E-state index is -0.587. The molecule has 6 rings (SSSR count). The molecule has 0 spiro atoms. The molecule has 2 saturated heterocycles. The molecule has 6 aliphatic rings. The number of hydrogen-bond donors (Lipinski definition) is 2. The number of ether oxygens (including phenoxy) is 4. The largest absolute Gasteiger partial charge is 0.458 e. The Bertz CT molecular complexity index is 1200. The van der Waals surface area contributed by atoms with Gasteiger partial charge in [-0.05, 0) is 72.0 Å². The first-order valence-corrected chi connectivity index (χ1v) is 19.1. The van der Waals surface area contributed by atoms with Gasteiger partial charge in [-0.1, -0.05) is 41.5 Å². The zero-order valence-corrected chi connectivity index (χ0v) is 31.5. The lowest BCUT2D eigenvalue weighted by molar-refractivity contribution is -0.292. The van der Waals surface area contributed by atoms with Crippen LogP contribution < -0.4 is 11.0 Å². The van der Waals surface area contributed by atoms with Crippen molar-refractivity contribution in [2.24, 2.45) is 82.9 Å². The highest BCUT2D eigenvalue weighted by molar-refractivity contribution is 5.68. The summed E-state index contributed by atoms with van der Waals surface area (Å²) in [5.41, 5.74) is 6.51. The van der Waals surface area contributed by atoms with Crippen molar-refractivity contribution in [2.75, 3.05) is 13.1 Å². The van der Waals surface area contributed by atoms with Crippen molar-refractivity contribution >= 4 is 23.9 Å². The van der Waals surface area contributed by atoms with Crippen LogP contribution in [-0.2, 0) is 47.8 Å². The van der Waals surface area contributed by atoms with Gasteiger partial charge in [0, 0.05) is 64.5 Å². The number of nitrogens with one attached hydrogen (secondary N) is 2. The molecule has 0 amide bonds. The second kappa shape index (κ2) is 14.6. The summed E-state index contributed by atoms with van der Waals surface area (Å²) in [6.45, 7) is 20.0. The lowest BCUT2D eigenvalue weighted by Crippen LogP contribution is -2.71. The van der Waals surface area contributed by atoms with Crippen LogP contribution in [0.2, 0.25) is 0 Å². The van der Waals surface area contributed by atoms with Crippen LogP contribution in [0, 0.1) is 82.9 Å². The van der Waals surface area contributed by atoms with Crippen LogP contribution in [0.1, 0.15) is 82.1 Å². The van der Waals surface area contributed by atoms with E-state index < -0.39 is 24.4 Å². The van der Waals surface area contributed by atoms with E-state index in [1.165, 1.54) is 27.7 Å². The highest BCUT2D eigenvalue weighted by atomic mass is 16.7. The quantitative estimate of drug-likeness (QED) is 0.291. The molecule has 0 aromatic heterocycles. The first kappa shape index (κ1) is 37.5. The van der Waals surface area contributed by atoms with Crippen LogP contribution in [0.25, 0.3) is 0 Å². The fraction of sp³-hybridized carbons (Fsp3) is 0.895. The number of carbonyl (C=O) groups is 4. The Kier molecular flexibility index (Phi) is 11.0. The summed E-state index contributed by atoms with van der Waals surface area (Å²) in [7, 11) is 0. The van der Waals surface area contributed by atoms with Gasteiger partial charge in [0.1, 0.15) is 24.4 Å². The van der Waals surface area contributed by atoms with Crippen LogP contribution in [0.4, 0.5) is 0 Å². The smallest absolute Gasteiger partial charge is 0.303 e. The number of carbonyl (C=O) groups excluding carboxylic acids is 4. The van der Waals surface area contributed by atoms with Crippen molar-refractivity contribution in [3.8, 4) is 0 Å². The molecule has 0 aromatic carbocycles. The molecule has 0 aromatic rings. The number of rotatable bonds is 7. The Morgan fingerprint density at radius 3 is 1.14 bits per heavy atom. The third kappa shape index (κ3) is 6.60. The Morgan fingerprint density at radius 2 is 0.840 bits per heavy atom. The molecule has 0 bridgehead atoms. The number of esters is 4. The summed E-state index contributed by atoms with van der Waals surface area (Å²) < 4.78 is 24.2. The highest BCUT2D eigenvalue weighted by Crippen LogP contribution is 2.62. The van der Waals surface area contributed by atoms with Crippen LogP contribution in [0.15, 0.2) is 0 Å². The fourth-order valence-corrected chi connectivity index (χ4v) is 12.5. The molecular weight excluding hydrogens is 644 g/mol. The molecule has 4 saturated carbocycles. The third-order valence-electron chi connectivity index (χ3n) is 13.6. The fourth-order valence-electron chi connectivity index (χ4n) is 12.5. The maximum absolute atomic E-state index is 12.6. The Labute approximate surface area is 297 Å². The molecular formula is C38H60N2O10. The van der Waals surface area contributed by atoms with Crippen LogP contribution in [0.5, 0.6) is 0 Å². The molecule has 2 aliphatic heterocycles. The van der Waals surface area contributed by atoms with Gasteiger partial charge in [0.15, 0.2) is 0 Å². The summed E-state index contributed by atoms with van der Waals surface area (Å²) in [5, 5.41) is 0. The zero-order valence-electron chi connectivity index (χ0n) is 31.5. The van der Waals surface area contributed by atoms with E-state index in [-0.39, 0.29) is 119 Å². The molecule has 18 atom stereocenters. The average molecular weight is 705 g/mol. The van der Waals surface area contributed by atoms with Gasteiger partial charge in [0.25, 0.3) is 0 Å². The maximum Gasteiger partial charge on any atom is 0.303 e. The predicted molar refractivity (Wildman–Crippen MR) is 180 cm³/mol. The van der Waals surface area contributed by atoms with Crippen molar-refractivity contribution in [2.45, 2.75) is 119 Å². The van der Waals surface area contributed by atoms with Gasteiger partial charge in [0.2, 0.25) is 0 Å². The molecule has 6 fully saturated rings. The van der Waals surface area contributed by atoms with Gasteiger partial charge >= 0.3 is 23.9 Å². The van der Waals surface area contributed by atoms with Gasteiger partial charge in [0.05, 0.1) is 12.2 Å². The summed E-state index contributed by atoms with van der Waals surface area (Å²) in [6.07, 6.45) is -0.755. The zero-order chi connectivity index (χ0) is 36.3. The first-order valence-electron chi connectivity index (χ1n) is 19.1. The van der Waals surface area contributed by atoms with Crippen molar-refractivity contribution in [3.63, 3.8) is 0 Å². The standard InChI is InChI=1S/C38H60N2O10/c1-15(2)27-23-11-17(5)29(35-31(23)25(13-39-49-35)33(45-19(7)41)37(27)47-21(9)43)30-18(6)12-24-28(16(3)4)38(48-22(10)44)34(46-20(8)42)26-14-40-50-36(30)32(24)26/h15-18,23-40H,11-14H2,1-10H3. The second-order valence-electron chi connectivity index (χ2n) is 17.2. The molecule has 2 N–H and O–H groups in total. The maximum atomic E-state index is 12.6. The predicted octanol–water partition coefficient (Wildman–Crippen LogP) is 4.10.